The Morgan fingerprint density at radius 2 is 1.20 bits per heavy atom. The van der Waals surface area contributed by atoms with E-state index in [2.05, 4.69) is 163 Å². The van der Waals surface area contributed by atoms with Crippen molar-refractivity contribution in [1.82, 2.24) is 9.88 Å². The second-order valence-corrected chi connectivity index (χ2v) is 13.2. The predicted octanol–water partition coefficient (Wildman–Crippen LogP) is 10.4. The lowest BCUT2D eigenvalue weighted by Crippen LogP contribution is -2.32. The Balaban J connectivity index is 1.20. The molecule has 3 nitrogen and oxygen atoms in total. The third-order valence-electron chi connectivity index (χ3n) is 10.4. The summed E-state index contributed by atoms with van der Waals surface area (Å²) < 4.78 is 2.35. The van der Waals surface area contributed by atoms with Gasteiger partial charge >= 0.3 is 0 Å². The van der Waals surface area contributed by atoms with E-state index in [1.54, 1.807) is 0 Å². The van der Waals surface area contributed by atoms with Gasteiger partial charge in [-0.15, -0.1) is 0 Å². The monoisotopic (exact) mass is 589 g/mol. The molecule has 0 spiro atoms. The maximum atomic E-state index is 5.43. The smallest absolute Gasteiger partial charge is 0.208 e. The molecule has 0 fully saturated rings. The van der Waals surface area contributed by atoms with E-state index in [1.807, 2.05) is 0 Å². The number of aromatic nitrogens is 1. The average Bonchev–Trinajstić information content (AvgIpc) is 3.57. The number of fused-ring (bicyclic) bond motifs is 6. The van der Waals surface area contributed by atoms with Gasteiger partial charge in [-0.05, 0) is 79.2 Å². The summed E-state index contributed by atoms with van der Waals surface area (Å²) in [5, 5.41) is 11.6. The second kappa shape index (κ2) is 9.18. The van der Waals surface area contributed by atoms with Gasteiger partial charge in [0, 0.05) is 21.9 Å². The molecule has 0 saturated heterocycles. The van der Waals surface area contributed by atoms with Crippen LogP contribution in [0.2, 0.25) is 0 Å². The summed E-state index contributed by atoms with van der Waals surface area (Å²) in [6, 6.07) is 48.5. The highest BCUT2D eigenvalue weighted by Gasteiger charge is 2.35. The van der Waals surface area contributed by atoms with Crippen LogP contribution in [0, 0.1) is 0 Å². The van der Waals surface area contributed by atoms with Crippen LogP contribution in [0.5, 0.6) is 0 Å². The maximum absolute atomic E-state index is 5.43. The fraction of sp³-hybridized carbons (Fsp3) is 0.0930. The van der Waals surface area contributed by atoms with Crippen LogP contribution in [0.3, 0.4) is 0 Å². The maximum Gasteiger partial charge on any atom is 0.208 e. The molecule has 46 heavy (non-hydrogen) atoms. The summed E-state index contributed by atoms with van der Waals surface area (Å²) in [7, 11) is 0. The number of aliphatic imine (C=N–C) groups is 1. The van der Waals surface area contributed by atoms with Crippen molar-refractivity contribution < 1.29 is 0 Å². The first-order valence-electron chi connectivity index (χ1n) is 16.1. The number of benzene rings is 7. The highest BCUT2D eigenvalue weighted by Crippen LogP contribution is 2.49. The molecule has 1 atom stereocenters. The summed E-state index contributed by atoms with van der Waals surface area (Å²) in [6.45, 7) is 4.69. The molecule has 8 aromatic rings. The van der Waals surface area contributed by atoms with Crippen molar-refractivity contribution in [3.8, 4) is 11.1 Å². The second-order valence-electron chi connectivity index (χ2n) is 13.2. The molecule has 1 aromatic heterocycles. The highest BCUT2D eigenvalue weighted by atomic mass is 15.2. The fourth-order valence-electron chi connectivity index (χ4n) is 8.23. The molecule has 3 heteroatoms. The van der Waals surface area contributed by atoms with Crippen molar-refractivity contribution in [3.63, 3.8) is 0 Å². The molecule has 2 aliphatic rings. The Hall–Kier alpha value is -5.67. The van der Waals surface area contributed by atoms with Crippen LogP contribution in [0.4, 0.5) is 0 Å². The van der Waals surface area contributed by atoms with E-state index in [0.717, 1.165) is 11.7 Å². The lowest BCUT2D eigenvalue weighted by atomic mass is 9.82. The molecule has 218 valence electrons. The quantitative estimate of drug-likeness (QED) is 0.200. The van der Waals surface area contributed by atoms with E-state index >= 15 is 0 Å². The van der Waals surface area contributed by atoms with Crippen LogP contribution in [-0.4, -0.2) is 10.5 Å². The van der Waals surface area contributed by atoms with Crippen molar-refractivity contribution in [2.45, 2.75) is 25.3 Å². The summed E-state index contributed by atoms with van der Waals surface area (Å²) in [5.74, 6) is 0.842. The van der Waals surface area contributed by atoms with Gasteiger partial charge in [0.25, 0.3) is 0 Å². The minimum absolute atomic E-state index is 0.0726. The molecule has 0 radical (unpaired) electrons. The highest BCUT2D eigenvalue weighted by molar-refractivity contribution is 6.35. The molecule has 1 aliphatic carbocycles. The van der Waals surface area contributed by atoms with Crippen molar-refractivity contribution in [2.24, 2.45) is 4.99 Å². The van der Waals surface area contributed by atoms with Gasteiger partial charge in [-0.1, -0.05) is 129 Å². The van der Waals surface area contributed by atoms with Gasteiger partial charge < -0.3 is 5.32 Å². The SMILES string of the molecule is CC1(C)c2ccccc2-c2ccc(C3=CC(c4ccccc4)N=C(n4c5cccc6c7ccccc7c7cccc4c7c65)N3)cc21. The summed E-state index contributed by atoms with van der Waals surface area (Å²) in [5.41, 5.74) is 11.1. The van der Waals surface area contributed by atoms with E-state index < -0.39 is 0 Å². The molecule has 0 bridgehead atoms. The summed E-state index contributed by atoms with van der Waals surface area (Å²) in [4.78, 5) is 5.43. The van der Waals surface area contributed by atoms with Gasteiger partial charge in [0.2, 0.25) is 5.96 Å². The van der Waals surface area contributed by atoms with Crippen LogP contribution in [0.1, 0.15) is 42.1 Å². The molecule has 1 aliphatic heterocycles. The molecule has 0 amide bonds. The standard InChI is InChI=1S/C43H31N3/c1-43(2)34-19-9-8-16-30(34)31-23-22-27(24-35(31)43)37-25-36(26-12-4-3-5-13-26)44-42(45-37)46-38-20-10-17-32-28-14-6-7-15-29(28)33-18-11-21-39(46)41(33)40(32)38/h3-25,36H,1-2H3,(H,44,45). The van der Waals surface area contributed by atoms with E-state index in [-0.39, 0.29) is 11.5 Å². The van der Waals surface area contributed by atoms with Gasteiger partial charge in [-0.25, -0.2) is 4.99 Å². The van der Waals surface area contributed by atoms with Crippen LogP contribution in [-0.2, 0) is 5.41 Å². The van der Waals surface area contributed by atoms with E-state index in [9.17, 15) is 0 Å². The van der Waals surface area contributed by atoms with Crippen molar-refractivity contribution in [1.29, 1.82) is 0 Å². The number of nitrogens with one attached hydrogen (secondary N) is 1. The number of hydrogen-bond acceptors (Lipinski definition) is 2. The fourth-order valence-corrected chi connectivity index (χ4v) is 8.23. The molecule has 1 N–H and O–H groups in total. The van der Waals surface area contributed by atoms with Crippen molar-refractivity contribution in [3.05, 3.63) is 162 Å². The minimum Gasteiger partial charge on any atom is -0.325 e. The van der Waals surface area contributed by atoms with Crippen LogP contribution < -0.4 is 5.32 Å². The lowest BCUT2D eigenvalue weighted by Gasteiger charge is -2.26. The molecular weight excluding hydrogens is 558 g/mol. The van der Waals surface area contributed by atoms with Crippen LogP contribution in [0.25, 0.3) is 60.2 Å². The van der Waals surface area contributed by atoms with Crippen LogP contribution >= 0.6 is 0 Å². The number of nitrogens with zero attached hydrogens (tertiary/aromatic N) is 2. The van der Waals surface area contributed by atoms with Crippen molar-refractivity contribution in [2.75, 3.05) is 0 Å². The van der Waals surface area contributed by atoms with Gasteiger partial charge in [-0.2, -0.15) is 0 Å². The Bertz CT molecular complexity index is 2490. The van der Waals surface area contributed by atoms with Gasteiger partial charge in [-0.3, -0.25) is 4.57 Å². The first-order chi connectivity index (χ1) is 22.6. The Morgan fingerprint density at radius 1 is 0.587 bits per heavy atom. The van der Waals surface area contributed by atoms with Gasteiger partial charge in [0.15, 0.2) is 0 Å². The minimum atomic E-state index is -0.132. The van der Waals surface area contributed by atoms with Gasteiger partial charge in [0.05, 0.1) is 17.1 Å². The van der Waals surface area contributed by atoms with E-state index in [1.165, 1.54) is 76.7 Å². The van der Waals surface area contributed by atoms with Crippen LogP contribution in [0.15, 0.2) is 145 Å². The predicted molar refractivity (Wildman–Crippen MR) is 193 cm³/mol. The molecule has 0 saturated carbocycles. The third-order valence-corrected chi connectivity index (χ3v) is 10.4. The van der Waals surface area contributed by atoms with Gasteiger partial charge in [0.1, 0.15) is 0 Å². The Kier molecular flexibility index (Phi) is 5.12. The largest absolute Gasteiger partial charge is 0.325 e. The zero-order valence-electron chi connectivity index (χ0n) is 25.8. The lowest BCUT2D eigenvalue weighted by molar-refractivity contribution is 0.660. The molecule has 10 rings (SSSR count). The number of hydrogen-bond donors (Lipinski definition) is 1. The summed E-state index contributed by atoms with van der Waals surface area (Å²) >= 11 is 0. The third kappa shape index (κ3) is 3.40. The average molecular weight is 590 g/mol. The first kappa shape index (κ1) is 25.6. The van der Waals surface area contributed by atoms with E-state index in [0.29, 0.717) is 0 Å². The Labute approximate surface area is 267 Å². The molecule has 2 heterocycles. The molecule has 1 unspecified atom stereocenters. The van der Waals surface area contributed by atoms with Crippen molar-refractivity contribution >= 4 is 55.0 Å². The topological polar surface area (TPSA) is 29.3 Å². The Morgan fingerprint density at radius 3 is 1.91 bits per heavy atom. The summed E-state index contributed by atoms with van der Waals surface area (Å²) in [6.07, 6.45) is 2.29. The number of rotatable bonds is 2. The molecule has 7 aromatic carbocycles. The zero-order chi connectivity index (χ0) is 30.6. The zero-order valence-corrected chi connectivity index (χ0v) is 25.8. The normalized spacial score (nSPS) is 16.9. The first-order valence-corrected chi connectivity index (χ1v) is 16.1. The molecular formula is C43H31N3. The van der Waals surface area contributed by atoms with E-state index in [4.69, 9.17) is 4.99 Å².